The topological polar surface area (TPSA) is 92.4 Å². The van der Waals surface area contributed by atoms with Gasteiger partial charge in [-0.25, -0.2) is 0 Å². The summed E-state index contributed by atoms with van der Waals surface area (Å²) in [5, 5.41) is 12.1. The van der Waals surface area contributed by atoms with Crippen LogP contribution in [0.5, 0.6) is 0 Å². The summed E-state index contributed by atoms with van der Waals surface area (Å²) < 4.78 is 0. The van der Waals surface area contributed by atoms with Crippen LogP contribution in [-0.2, 0) is 9.59 Å². The summed E-state index contributed by atoms with van der Waals surface area (Å²) in [5.41, 5.74) is 5.20. The molecule has 5 heteroatoms. The second-order valence-corrected chi connectivity index (χ2v) is 5.24. The highest BCUT2D eigenvalue weighted by Crippen LogP contribution is 2.07. The molecule has 5 nitrogen and oxygen atoms in total. The zero-order chi connectivity index (χ0) is 13.6. The minimum absolute atomic E-state index is 0.216. The predicted octanol–water partition coefficient (Wildman–Crippen LogP) is 0.410. The maximum absolute atomic E-state index is 11.6. The number of aliphatic hydroxyl groups is 1. The van der Waals surface area contributed by atoms with E-state index in [1.54, 1.807) is 0 Å². The van der Waals surface area contributed by atoms with Crippen molar-refractivity contribution in [3.05, 3.63) is 0 Å². The molecule has 1 unspecified atom stereocenters. The molecule has 17 heavy (non-hydrogen) atoms. The van der Waals surface area contributed by atoms with Gasteiger partial charge in [-0.05, 0) is 24.7 Å². The highest BCUT2D eigenvalue weighted by Gasteiger charge is 2.23. The molecule has 0 radical (unpaired) electrons. The van der Waals surface area contributed by atoms with E-state index in [0.29, 0.717) is 12.8 Å². The summed E-state index contributed by atoms with van der Waals surface area (Å²) in [6.07, 6.45) is -0.224. The van der Waals surface area contributed by atoms with E-state index in [1.165, 1.54) is 0 Å². The maximum Gasteiger partial charge on any atom is 0.249 e. The molecular formula is C12H24N2O3. The van der Waals surface area contributed by atoms with Crippen molar-refractivity contribution in [2.45, 2.75) is 52.7 Å². The molecule has 4 N–H and O–H groups in total. The van der Waals surface area contributed by atoms with Crippen LogP contribution in [0.1, 0.15) is 40.5 Å². The maximum atomic E-state index is 11.6. The quantitative estimate of drug-likeness (QED) is 0.605. The first kappa shape index (κ1) is 15.9. The molecule has 0 saturated carbocycles. The van der Waals surface area contributed by atoms with Gasteiger partial charge >= 0.3 is 0 Å². The van der Waals surface area contributed by atoms with E-state index in [2.05, 4.69) is 5.32 Å². The minimum Gasteiger partial charge on any atom is -0.383 e. The third-order valence-corrected chi connectivity index (χ3v) is 2.36. The monoisotopic (exact) mass is 244 g/mol. The lowest BCUT2D eigenvalue weighted by molar-refractivity contribution is -0.134. The average Bonchev–Trinajstić information content (AvgIpc) is 2.14. The normalized spacial score (nSPS) is 14.8. The van der Waals surface area contributed by atoms with Gasteiger partial charge in [0.1, 0.15) is 12.1 Å². The number of carbonyl (C=O) groups is 2. The van der Waals surface area contributed by atoms with Crippen molar-refractivity contribution in [3.63, 3.8) is 0 Å². The highest BCUT2D eigenvalue weighted by molar-refractivity contribution is 5.88. The van der Waals surface area contributed by atoms with Gasteiger partial charge in [-0.15, -0.1) is 0 Å². The van der Waals surface area contributed by atoms with Gasteiger partial charge in [-0.3, -0.25) is 9.59 Å². The van der Waals surface area contributed by atoms with Gasteiger partial charge < -0.3 is 16.2 Å². The van der Waals surface area contributed by atoms with Crippen LogP contribution in [0.4, 0.5) is 0 Å². The Morgan fingerprint density at radius 2 is 1.59 bits per heavy atom. The fourth-order valence-electron chi connectivity index (χ4n) is 1.54. The summed E-state index contributed by atoms with van der Waals surface area (Å²) >= 11 is 0. The SMILES string of the molecule is CC(C)CC(O)C(=O)N[C@@H](CC(C)C)C(N)=O. The molecule has 0 aromatic rings. The van der Waals surface area contributed by atoms with Crippen molar-refractivity contribution in [1.29, 1.82) is 0 Å². The van der Waals surface area contributed by atoms with Crippen molar-refractivity contribution in [2.75, 3.05) is 0 Å². The lowest BCUT2D eigenvalue weighted by Crippen LogP contribution is -2.48. The number of rotatable bonds is 7. The first-order chi connectivity index (χ1) is 7.73. The van der Waals surface area contributed by atoms with Crippen molar-refractivity contribution < 1.29 is 14.7 Å². The Labute approximate surface area is 103 Å². The first-order valence-corrected chi connectivity index (χ1v) is 6.01. The number of nitrogens with two attached hydrogens (primary N) is 1. The summed E-state index contributed by atoms with van der Waals surface area (Å²) in [6.45, 7) is 7.70. The second kappa shape index (κ2) is 7.27. The number of amides is 2. The summed E-state index contributed by atoms with van der Waals surface area (Å²) in [7, 11) is 0. The van der Waals surface area contributed by atoms with Crippen molar-refractivity contribution in [3.8, 4) is 0 Å². The van der Waals surface area contributed by atoms with Crippen LogP contribution < -0.4 is 11.1 Å². The molecule has 2 atom stereocenters. The number of hydrogen-bond donors (Lipinski definition) is 3. The highest BCUT2D eigenvalue weighted by atomic mass is 16.3. The van der Waals surface area contributed by atoms with Crippen molar-refractivity contribution in [1.82, 2.24) is 5.32 Å². The van der Waals surface area contributed by atoms with E-state index in [4.69, 9.17) is 5.73 Å². The molecule has 0 fully saturated rings. The third kappa shape index (κ3) is 6.94. The van der Waals surface area contributed by atoms with Crippen LogP contribution in [-0.4, -0.2) is 29.1 Å². The van der Waals surface area contributed by atoms with Crippen LogP contribution >= 0.6 is 0 Å². The summed E-state index contributed by atoms with van der Waals surface area (Å²) in [6, 6.07) is -0.704. The Kier molecular flexibility index (Phi) is 6.80. The van der Waals surface area contributed by atoms with Crippen molar-refractivity contribution in [2.24, 2.45) is 17.6 Å². The van der Waals surface area contributed by atoms with Gasteiger partial charge in [0.15, 0.2) is 0 Å². The van der Waals surface area contributed by atoms with Gasteiger partial charge in [0.25, 0.3) is 0 Å². The number of aliphatic hydroxyl groups excluding tert-OH is 1. The molecule has 100 valence electrons. The van der Waals surface area contributed by atoms with Gasteiger partial charge in [0.2, 0.25) is 11.8 Å². The fourth-order valence-corrected chi connectivity index (χ4v) is 1.54. The molecule has 0 aliphatic heterocycles. The Hall–Kier alpha value is -1.10. The lowest BCUT2D eigenvalue weighted by atomic mass is 10.0. The molecule has 0 heterocycles. The molecule has 0 bridgehead atoms. The summed E-state index contributed by atoms with van der Waals surface area (Å²) in [4.78, 5) is 22.7. The number of carbonyl (C=O) groups excluding carboxylic acids is 2. The standard InChI is InChI=1S/C12H24N2O3/c1-7(2)5-9(11(13)16)14-12(17)10(15)6-8(3)4/h7-10,15H,5-6H2,1-4H3,(H2,13,16)(H,14,17)/t9-,10?/m0/s1. The molecule has 0 aromatic heterocycles. The largest absolute Gasteiger partial charge is 0.383 e. The number of primary amides is 1. The van der Waals surface area contributed by atoms with Crippen LogP contribution in [0.15, 0.2) is 0 Å². The van der Waals surface area contributed by atoms with E-state index < -0.39 is 24.0 Å². The lowest BCUT2D eigenvalue weighted by Gasteiger charge is -2.20. The Bertz CT molecular complexity index is 264. The second-order valence-electron chi connectivity index (χ2n) is 5.24. The number of hydrogen-bond acceptors (Lipinski definition) is 3. The molecule has 2 amide bonds. The molecular weight excluding hydrogens is 220 g/mol. The zero-order valence-electron chi connectivity index (χ0n) is 11.1. The smallest absolute Gasteiger partial charge is 0.249 e. The molecule has 0 aliphatic rings. The Morgan fingerprint density at radius 3 is 1.94 bits per heavy atom. The predicted molar refractivity (Wildman–Crippen MR) is 66.0 cm³/mol. The van der Waals surface area contributed by atoms with Crippen molar-refractivity contribution >= 4 is 11.8 Å². The Morgan fingerprint density at radius 1 is 1.12 bits per heavy atom. The van der Waals surface area contributed by atoms with Crippen LogP contribution in [0, 0.1) is 11.8 Å². The molecule has 0 aliphatic carbocycles. The Balaban J connectivity index is 4.35. The minimum atomic E-state index is -1.08. The average molecular weight is 244 g/mol. The third-order valence-electron chi connectivity index (χ3n) is 2.36. The first-order valence-electron chi connectivity index (χ1n) is 6.01. The van der Waals surface area contributed by atoms with Crippen LogP contribution in [0.2, 0.25) is 0 Å². The molecule has 0 spiro atoms. The van der Waals surface area contributed by atoms with E-state index >= 15 is 0 Å². The van der Waals surface area contributed by atoms with Gasteiger partial charge in [-0.1, -0.05) is 27.7 Å². The zero-order valence-corrected chi connectivity index (χ0v) is 11.1. The fraction of sp³-hybridized carbons (Fsp3) is 0.833. The van der Waals surface area contributed by atoms with Gasteiger partial charge in [0.05, 0.1) is 0 Å². The molecule has 0 rings (SSSR count). The van der Waals surface area contributed by atoms with Gasteiger partial charge in [0, 0.05) is 0 Å². The molecule has 0 aromatic carbocycles. The van der Waals surface area contributed by atoms with Gasteiger partial charge in [-0.2, -0.15) is 0 Å². The van der Waals surface area contributed by atoms with E-state index in [1.807, 2.05) is 27.7 Å². The number of nitrogens with one attached hydrogen (secondary N) is 1. The van der Waals surface area contributed by atoms with Crippen LogP contribution in [0.25, 0.3) is 0 Å². The van der Waals surface area contributed by atoms with E-state index in [0.717, 1.165) is 0 Å². The van der Waals surface area contributed by atoms with E-state index in [9.17, 15) is 14.7 Å². The van der Waals surface area contributed by atoms with Crippen LogP contribution in [0.3, 0.4) is 0 Å². The van der Waals surface area contributed by atoms with E-state index in [-0.39, 0.29) is 11.8 Å². The summed E-state index contributed by atoms with van der Waals surface area (Å²) in [5.74, 6) is -0.630. The molecule has 0 saturated heterocycles.